The fraction of sp³-hybridized carbons (Fsp3) is 0.438. The van der Waals surface area contributed by atoms with Gasteiger partial charge in [-0.1, -0.05) is 37.6 Å². The van der Waals surface area contributed by atoms with Crippen LogP contribution >= 0.6 is 11.6 Å². The number of nitrogens with zero attached hydrogens (tertiary/aromatic N) is 1. The molecule has 0 fully saturated rings. The van der Waals surface area contributed by atoms with E-state index >= 15 is 0 Å². The summed E-state index contributed by atoms with van der Waals surface area (Å²) in [5, 5.41) is 3.03. The maximum absolute atomic E-state index is 11.9. The quantitative estimate of drug-likeness (QED) is 0.773. The number of ether oxygens (including phenoxy) is 1. The number of para-hydroxylation sites is 1. The maximum Gasteiger partial charge on any atom is 0.309 e. The first-order chi connectivity index (χ1) is 10.8. The molecule has 7 heteroatoms. The van der Waals surface area contributed by atoms with Gasteiger partial charge in [0.05, 0.1) is 23.2 Å². The van der Waals surface area contributed by atoms with Crippen LogP contribution in [0, 0.1) is 5.92 Å². The van der Waals surface area contributed by atoms with Crippen LogP contribution in [0.1, 0.15) is 20.3 Å². The van der Waals surface area contributed by atoms with E-state index in [0.717, 1.165) is 0 Å². The fourth-order valence-corrected chi connectivity index (χ4v) is 1.79. The molecule has 1 unspecified atom stereocenters. The van der Waals surface area contributed by atoms with Crippen LogP contribution in [0.3, 0.4) is 0 Å². The van der Waals surface area contributed by atoms with Gasteiger partial charge in [0, 0.05) is 7.05 Å². The highest BCUT2D eigenvalue weighted by Gasteiger charge is 2.18. The Balaban J connectivity index is 2.44. The number of carbonyl (C=O) groups excluding carboxylic acids is 3. The van der Waals surface area contributed by atoms with Gasteiger partial charge in [0.25, 0.3) is 5.91 Å². The first kappa shape index (κ1) is 19.0. The number of benzene rings is 1. The van der Waals surface area contributed by atoms with Gasteiger partial charge in [-0.05, 0) is 18.6 Å². The average molecular weight is 341 g/mol. The summed E-state index contributed by atoms with van der Waals surface area (Å²) in [6.45, 7) is 3.05. The van der Waals surface area contributed by atoms with E-state index in [2.05, 4.69) is 5.32 Å². The first-order valence-corrected chi connectivity index (χ1v) is 7.68. The minimum absolute atomic E-state index is 0.162. The van der Waals surface area contributed by atoms with Crippen LogP contribution < -0.4 is 5.32 Å². The minimum Gasteiger partial charge on any atom is -0.455 e. The molecule has 0 aromatic heterocycles. The molecule has 0 radical (unpaired) electrons. The Morgan fingerprint density at radius 3 is 2.57 bits per heavy atom. The second-order valence-electron chi connectivity index (χ2n) is 5.19. The van der Waals surface area contributed by atoms with Crippen molar-refractivity contribution in [3.63, 3.8) is 0 Å². The lowest BCUT2D eigenvalue weighted by Gasteiger charge is -2.17. The molecule has 1 aromatic rings. The van der Waals surface area contributed by atoms with Crippen molar-refractivity contribution in [1.29, 1.82) is 0 Å². The van der Waals surface area contributed by atoms with Crippen molar-refractivity contribution < 1.29 is 19.1 Å². The Kier molecular flexibility index (Phi) is 7.54. The Bertz CT molecular complexity index is 577. The van der Waals surface area contributed by atoms with Crippen LogP contribution in [0.2, 0.25) is 5.02 Å². The van der Waals surface area contributed by atoms with Gasteiger partial charge in [-0.2, -0.15) is 0 Å². The Morgan fingerprint density at radius 1 is 1.30 bits per heavy atom. The summed E-state index contributed by atoms with van der Waals surface area (Å²) >= 11 is 5.94. The standard InChI is InChI=1S/C16H21ClN2O4/c1-4-11(2)16(22)23-10-15(21)19(3)9-14(20)18-13-8-6-5-7-12(13)17/h5-8,11H,4,9-10H2,1-3H3,(H,18,20). The van der Waals surface area contributed by atoms with Crippen molar-refractivity contribution in [2.24, 2.45) is 5.92 Å². The number of anilines is 1. The number of halogens is 1. The number of carbonyl (C=O) groups is 3. The lowest BCUT2D eigenvalue weighted by molar-refractivity contribution is -0.154. The van der Waals surface area contributed by atoms with Crippen molar-refractivity contribution >= 4 is 35.1 Å². The van der Waals surface area contributed by atoms with E-state index in [1.807, 2.05) is 6.92 Å². The number of esters is 1. The molecule has 0 saturated carbocycles. The molecule has 0 spiro atoms. The van der Waals surface area contributed by atoms with Gasteiger partial charge in [0.2, 0.25) is 5.91 Å². The minimum atomic E-state index is -0.448. The lowest BCUT2D eigenvalue weighted by atomic mass is 10.1. The van der Waals surface area contributed by atoms with E-state index in [0.29, 0.717) is 17.1 Å². The Morgan fingerprint density at radius 2 is 1.96 bits per heavy atom. The number of amides is 2. The molecule has 126 valence electrons. The number of rotatable bonds is 7. The van der Waals surface area contributed by atoms with Gasteiger partial charge in [-0.15, -0.1) is 0 Å². The van der Waals surface area contributed by atoms with Gasteiger partial charge < -0.3 is 15.0 Å². The summed E-state index contributed by atoms with van der Waals surface area (Å²) in [6.07, 6.45) is 0.642. The van der Waals surface area contributed by atoms with Crippen LogP contribution in [0.15, 0.2) is 24.3 Å². The zero-order valence-electron chi connectivity index (χ0n) is 13.5. The summed E-state index contributed by atoms with van der Waals surface area (Å²) < 4.78 is 4.91. The van der Waals surface area contributed by atoms with E-state index in [1.54, 1.807) is 31.2 Å². The van der Waals surface area contributed by atoms with Gasteiger partial charge >= 0.3 is 5.97 Å². The van der Waals surface area contributed by atoms with E-state index in [9.17, 15) is 14.4 Å². The van der Waals surface area contributed by atoms with Gasteiger partial charge in [0.15, 0.2) is 6.61 Å². The smallest absolute Gasteiger partial charge is 0.309 e. The fourth-order valence-electron chi connectivity index (χ4n) is 1.61. The molecule has 2 amide bonds. The van der Waals surface area contributed by atoms with E-state index < -0.39 is 11.9 Å². The molecule has 1 atom stereocenters. The SMILES string of the molecule is CCC(C)C(=O)OCC(=O)N(C)CC(=O)Nc1ccccc1Cl. The zero-order valence-corrected chi connectivity index (χ0v) is 14.2. The molecule has 6 nitrogen and oxygen atoms in total. The molecule has 1 rings (SSSR count). The molecule has 1 aromatic carbocycles. The number of nitrogens with one attached hydrogen (secondary N) is 1. The van der Waals surface area contributed by atoms with Crippen molar-refractivity contribution in [3.05, 3.63) is 29.3 Å². The van der Waals surface area contributed by atoms with Crippen LogP contribution in [0.5, 0.6) is 0 Å². The molecule has 0 heterocycles. The van der Waals surface area contributed by atoms with Crippen LogP contribution in [0.25, 0.3) is 0 Å². The average Bonchev–Trinajstić information content (AvgIpc) is 2.53. The van der Waals surface area contributed by atoms with Crippen molar-refractivity contribution in [2.45, 2.75) is 20.3 Å². The van der Waals surface area contributed by atoms with E-state index in [4.69, 9.17) is 16.3 Å². The number of hydrogen-bond donors (Lipinski definition) is 1. The normalized spacial score (nSPS) is 11.5. The molecular weight excluding hydrogens is 320 g/mol. The first-order valence-electron chi connectivity index (χ1n) is 7.30. The molecule has 0 saturated heterocycles. The predicted molar refractivity (Wildman–Crippen MR) is 88.1 cm³/mol. The summed E-state index contributed by atoms with van der Waals surface area (Å²) in [6, 6.07) is 6.81. The Labute approximate surface area is 140 Å². The summed E-state index contributed by atoms with van der Waals surface area (Å²) in [5.41, 5.74) is 0.475. The summed E-state index contributed by atoms with van der Waals surface area (Å²) in [7, 11) is 1.46. The summed E-state index contributed by atoms with van der Waals surface area (Å²) in [5.74, 6) is -1.51. The monoisotopic (exact) mass is 340 g/mol. The van der Waals surface area contributed by atoms with Gasteiger partial charge in [-0.3, -0.25) is 14.4 Å². The second-order valence-corrected chi connectivity index (χ2v) is 5.60. The largest absolute Gasteiger partial charge is 0.455 e. The third-order valence-corrected chi connectivity index (χ3v) is 3.64. The van der Waals surface area contributed by atoms with E-state index in [-0.39, 0.29) is 25.0 Å². The molecule has 23 heavy (non-hydrogen) atoms. The maximum atomic E-state index is 11.9. The Hall–Kier alpha value is -2.08. The molecule has 1 N–H and O–H groups in total. The van der Waals surface area contributed by atoms with Crippen molar-refractivity contribution in [2.75, 3.05) is 25.5 Å². The third-order valence-electron chi connectivity index (χ3n) is 3.31. The van der Waals surface area contributed by atoms with Crippen molar-refractivity contribution in [1.82, 2.24) is 4.90 Å². The highest BCUT2D eigenvalue weighted by Crippen LogP contribution is 2.20. The number of likely N-dealkylation sites (N-methyl/N-ethyl adjacent to an activating group) is 1. The predicted octanol–water partition coefficient (Wildman–Crippen LogP) is 2.33. The molecule has 0 bridgehead atoms. The molecule has 0 aliphatic rings. The third kappa shape index (κ3) is 6.28. The summed E-state index contributed by atoms with van der Waals surface area (Å²) in [4.78, 5) is 36.5. The highest BCUT2D eigenvalue weighted by molar-refractivity contribution is 6.33. The van der Waals surface area contributed by atoms with Crippen LogP contribution in [-0.2, 0) is 19.1 Å². The highest BCUT2D eigenvalue weighted by atomic mass is 35.5. The zero-order chi connectivity index (χ0) is 17.4. The molecule has 0 aliphatic heterocycles. The van der Waals surface area contributed by atoms with Crippen LogP contribution in [-0.4, -0.2) is 42.9 Å². The molecule has 0 aliphatic carbocycles. The number of hydrogen-bond acceptors (Lipinski definition) is 4. The topological polar surface area (TPSA) is 75.7 Å². The molecular formula is C16H21ClN2O4. The second kappa shape index (κ2) is 9.15. The van der Waals surface area contributed by atoms with Crippen molar-refractivity contribution in [3.8, 4) is 0 Å². The van der Waals surface area contributed by atoms with Crippen LogP contribution in [0.4, 0.5) is 5.69 Å². The van der Waals surface area contributed by atoms with Gasteiger partial charge in [0.1, 0.15) is 0 Å². The lowest BCUT2D eigenvalue weighted by Crippen LogP contribution is -2.37. The van der Waals surface area contributed by atoms with E-state index in [1.165, 1.54) is 11.9 Å². The van der Waals surface area contributed by atoms with Gasteiger partial charge in [-0.25, -0.2) is 0 Å².